The molecule has 2 N–H and O–H groups in total. The van der Waals surface area contributed by atoms with Crippen LogP contribution in [0.5, 0.6) is 11.5 Å². The summed E-state index contributed by atoms with van der Waals surface area (Å²) in [5, 5.41) is 5.24. The van der Waals surface area contributed by atoms with Gasteiger partial charge in [-0.2, -0.15) is 0 Å². The molecule has 7 nitrogen and oxygen atoms in total. The molecular weight excluding hydrogens is 348 g/mol. The Bertz CT molecular complexity index is 741. The molecule has 0 saturated carbocycles. The smallest absolute Gasteiger partial charge is 0.251 e. The van der Waals surface area contributed by atoms with Gasteiger partial charge in [-0.1, -0.05) is 13.8 Å². The van der Waals surface area contributed by atoms with Gasteiger partial charge in [-0.05, 0) is 42.7 Å². The van der Waals surface area contributed by atoms with Gasteiger partial charge in [0, 0.05) is 5.56 Å². The first kappa shape index (κ1) is 20.4. The number of furan rings is 1. The average Bonchev–Trinajstić information content (AvgIpc) is 3.18. The first-order valence-electron chi connectivity index (χ1n) is 8.87. The third kappa shape index (κ3) is 6.69. The van der Waals surface area contributed by atoms with E-state index in [1.54, 1.807) is 30.3 Å². The van der Waals surface area contributed by atoms with E-state index in [9.17, 15) is 9.59 Å². The monoisotopic (exact) mass is 374 g/mol. The number of carbonyl (C=O) groups is 2. The van der Waals surface area contributed by atoms with Gasteiger partial charge in [0.25, 0.3) is 5.91 Å². The lowest BCUT2D eigenvalue weighted by atomic mass is 10.1. The van der Waals surface area contributed by atoms with Crippen LogP contribution in [0.4, 0.5) is 0 Å². The summed E-state index contributed by atoms with van der Waals surface area (Å²) in [4.78, 5) is 24.1. The number of benzene rings is 1. The van der Waals surface area contributed by atoms with E-state index in [4.69, 9.17) is 13.9 Å². The number of amides is 2. The van der Waals surface area contributed by atoms with Crippen molar-refractivity contribution < 1.29 is 23.5 Å². The quantitative estimate of drug-likeness (QED) is 0.667. The topological polar surface area (TPSA) is 89.8 Å². The predicted molar refractivity (Wildman–Crippen MR) is 101 cm³/mol. The van der Waals surface area contributed by atoms with Gasteiger partial charge in [-0.3, -0.25) is 9.59 Å². The molecule has 0 radical (unpaired) electrons. The van der Waals surface area contributed by atoms with Crippen molar-refractivity contribution in [2.24, 2.45) is 5.92 Å². The molecule has 0 atom stereocenters. The Balaban J connectivity index is 1.84. The number of ether oxygens (including phenoxy) is 2. The van der Waals surface area contributed by atoms with Crippen molar-refractivity contribution in [3.63, 3.8) is 0 Å². The fourth-order valence-corrected chi connectivity index (χ4v) is 2.26. The molecule has 27 heavy (non-hydrogen) atoms. The zero-order chi connectivity index (χ0) is 19.6. The minimum atomic E-state index is -0.366. The Kier molecular flexibility index (Phi) is 7.73. The summed E-state index contributed by atoms with van der Waals surface area (Å²) in [5.41, 5.74) is 0.391. The van der Waals surface area contributed by atoms with Crippen LogP contribution < -0.4 is 20.1 Å². The summed E-state index contributed by atoms with van der Waals surface area (Å²) in [6, 6.07) is 8.44. The molecule has 2 rings (SSSR count). The third-order valence-corrected chi connectivity index (χ3v) is 3.83. The average molecular weight is 374 g/mol. The Morgan fingerprint density at radius 2 is 1.96 bits per heavy atom. The second-order valence-corrected chi connectivity index (χ2v) is 6.44. The second-order valence-electron chi connectivity index (χ2n) is 6.44. The van der Waals surface area contributed by atoms with Crippen molar-refractivity contribution >= 4 is 11.8 Å². The molecule has 0 aliphatic rings. The lowest BCUT2D eigenvalue weighted by Gasteiger charge is -2.13. The van der Waals surface area contributed by atoms with Crippen LogP contribution in [0.3, 0.4) is 0 Å². The number of methoxy groups -OCH3 is 1. The predicted octanol–water partition coefficient (Wildman–Crippen LogP) is 2.76. The van der Waals surface area contributed by atoms with E-state index in [0.29, 0.717) is 35.3 Å². The summed E-state index contributed by atoms with van der Waals surface area (Å²) in [7, 11) is 1.52. The van der Waals surface area contributed by atoms with E-state index in [1.165, 1.54) is 13.4 Å². The molecule has 0 fully saturated rings. The Hall–Kier alpha value is -2.96. The van der Waals surface area contributed by atoms with Crippen LogP contribution in [0.2, 0.25) is 0 Å². The number of hydrogen-bond donors (Lipinski definition) is 2. The van der Waals surface area contributed by atoms with Crippen molar-refractivity contribution in [3.8, 4) is 11.5 Å². The molecule has 2 amide bonds. The molecule has 0 saturated heterocycles. The molecule has 7 heteroatoms. The molecule has 0 bridgehead atoms. The molecule has 0 aliphatic carbocycles. The van der Waals surface area contributed by atoms with E-state index >= 15 is 0 Å². The Morgan fingerprint density at radius 3 is 2.63 bits per heavy atom. The highest BCUT2D eigenvalue weighted by atomic mass is 16.5. The lowest BCUT2D eigenvalue weighted by Crippen LogP contribution is -2.36. The van der Waals surface area contributed by atoms with Gasteiger partial charge >= 0.3 is 0 Å². The van der Waals surface area contributed by atoms with E-state index in [1.807, 2.05) is 0 Å². The summed E-state index contributed by atoms with van der Waals surface area (Å²) >= 11 is 0. The van der Waals surface area contributed by atoms with Crippen LogP contribution in [-0.2, 0) is 11.3 Å². The maximum Gasteiger partial charge on any atom is 0.251 e. The van der Waals surface area contributed by atoms with Gasteiger partial charge in [-0.15, -0.1) is 0 Å². The first-order chi connectivity index (χ1) is 13.0. The van der Waals surface area contributed by atoms with Gasteiger partial charge in [-0.25, -0.2) is 0 Å². The summed E-state index contributed by atoms with van der Waals surface area (Å²) in [5.74, 6) is 1.59. The minimum absolute atomic E-state index is 0.130. The van der Waals surface area contributed by atoms with Crippen molar-refractivity contribution in [2.45, 2.75) is 26.8 Å². The van der Waals surface area contributed by atoms with Crippen molar-refractivity contribution in [2.75, 3.05) is 20.3 Å². The largest absolute Gasteiger partial charge is 0.493 e. The lowest BCUT2D eigenvalue weighted by molar-refractivity contribution is -0.120. The molecule has 1 heterocycles. The summed E-state index contributed by atoms with van der Waals surface area (Å²) < 4.78 is 16.1. The number of carbonyl (C=O) groups excluding carboxylic acids is 2. The highest BCUT2D eigenvalue weighted by Gasteiger charge is 2.13. The molecule has 0 unspecified atom stereocenters. The maximum absolute atomic E-state index is 12.3. The molecule has 0 aliphatic heterocycles. The molecule has 1 aromatic heterocycles. The van der Waals surface area contributed by atoms with Crippen LogP contribution in [0.1, 0.15) is 36.4 Å². The molecule has 146 valence electrons. The van der Waals surface area contributed by atoms with Gasteiger partial charge in [0.15, 0.2) is 11.5 Å². The molecule has 2 aromatic rings. The zero-order valence-electron chi connectivity index (χ0n) is 15.9. The van der Waals surface area contributed by atoms with Crippen LogP contribution in [0.25, 0.3) is 0 Å². The normalized spacial score (nSPS) is 10.5. The van der Waals surface area contributed by atoms with Crippen LogP contribution >= 0.6 is 0 Å². The van der Waals surface area contributed by atoms with Crippen molar-refractivity contribution in [1.82, 2.24) is 10.6 Å². The Morgan fingerprint density at radius 1 is 1.15 bits per heavy atom. The van der Waals surface area contributed by atoms with Gasteiger partial charge in [0.1, 0.15) is 5.76 Å². The van der Waals surface area contributed by atoms with Crippen molar-refractivity contribution in [3.05, 3.63) is 47.9 Å². The highest BCUT2D eigenvalue weighted by Crippen LogP contribution is 2.28. The molecular formula is C20H26N2O5. The fourth-order valence-electron chi connectivity index (χ4n) is 2.26. The van der Waals surface area contributed by atoms with Crippen LogP contribution in [-0.4, -0.2) is 32.1 Å². The molecule has 1 aromatic carbocycles. The van der Waals surface area contributed by atoms with Gasteiger partial charge in [0.05, 0.1) is 33.1 Å². The standard InChI is InChI=1S/C20H26N2O5/c1-14(2)8-10-27-17-7-6-15(11-18(17)25-3)20(24)22-13-19(23)21-12-16-5-4-9-26-16/h4-7,9,11,14H,8,10,12-13H2,1-3H3,(H,21,23)(H,22,24). The van der Waals surface area contributed by atoms with E-state index < -0.39 is 0 Å². The number of hydrogen-bond acceptors (Lipinski definition) is 5. The summed E-state index contributed by atoms with van der Waals surface area (Å²) in [6.07, 6.45) is 2.46. The SMILES string of the molecule is COc1cc(C(=O)NCC(=O)NCc2ccco2)ccc1OCCC(C)C. The van der Waals surface area contributed by atoms with Gasteiger partial charge < -0.3 is 24.5 Å². The van der Waals surface area contributed by atoms with E-state index in [0.717, 1.165) is 6.42 Å². The first-order valence-corrected chi connectivity index (χ1v) is 8.87. The Labute approximate surface area is 159 Å². The number of nitrogens with one attached hydrogen (secondary N) is 2. The minimum Gasteiger partial charge on any atom is -0.493 e. The van der Waals surface area contributed by atoms with Crippen LogP contribution in [0.15, 0.2) is 41.0 Å². The summed E-state index contributed by atoms with van der Waals surface area (Å²) in [6.45, 7) is 4.97. The number of rotatable bonds is 10. The van der Waals surface area contributed by atoms with Crippen molar-refractivity contribution in [1.29, 1.82) is 0 Å². The van der Waals surface area contributed by atoms with E-state index in [-0.39, 0.29) is 24.9 Å². The maximum atomic E-state index is 12.3. The van der Waals surface area contributed by atoms with Crippen LogP contribution in [0, 0.1) is 5.92 Å². The highest BCUT2D eigenvalue weighted by molar-refractivity contribution is 5.97. The molecule has 0 spiro atoms. The van der Waals surface area contributed by atoms with Gasteiger partial charge in [0.2, 0.25) is 5.91 Å². The second kappa shape index (κ2) is 10.3. The van der Waals surface area contributed by atoms with E-state index in [2.05, 4.69) is 24.5 Å². The third-order valence-electron chi connectivity index (χ3n) is 3.83. The zero-order valence-corrected chi connectivity index (χ0v) is 15.9. The fraction of sp³-hybridized carbons (Fsp3) is 0.400.